The van der Waals surface area contributed by atoms with Gasteiger partial charge in [-0.05, 0) is 48.2 Å². The third kappa shape index (κ3) is 2.95. The van der Waals surface area contributed by atoms with E-state index in [1.807, 2.05) is 0 Å². The first kappa shape index (κ1) is 14.8. The van der Waals surface area contributed by atoms with Gasteiger partial charge in [0.25, 0.3) is 0 Å². The van der Waals surface area contributed by atoms with Crippen LogP contribution in [0.3, 0.4) is 0 Å². The molecular formula is C17H18Br2. The molecule has 2 heteroatoms. The molecule has 0 radical (unpaired) electrons. The lowest BCUT2D eigenvalue weighted by Crippen LogP contribution is -2.25. The van der Waals surface area contributed by atoms with E-state index in [4.69, 9.17) is 0 Å². The minimum absolute atomic E-state index is 0.112. The van der Waals surface area contributed by atoms with Crippen LogP contribution in [0.2, 0.25) is 0 Å². The Hall–Kier alpha value is -0.600. The van der Waals surface area contributed by atoms with Crippen molar-refractivity contribution in [2.75, 3.05) is 0 Å². The molecule has 2 aromatic carbocycles. The van der Waals surface area contributed by atoms with Crippen LogP contribution in [0.5, 0.6) is 0 Å². The van der Waals surface area contributed by atoms with Gasteiger partial charge in [0.15, 0.2) is 0 Å². The van der Waals surface area contributed by atoms with Crippen molar-refractivity contribution < 1.29 is 0 Å². The number of hydrogen-bond donors (Lipinski definition) is 0. The average molecular weight is 382 g/mol. The van der Waals surface area contributed by atoms with E-state index in [0.717, 1.165) is 21.8 Å². The van der Waals surface area contributed by atoms with Crippen molar-refractivity contribution in [1.29, 1.82) is 0 Å². The summed E-state index contributed by atoms with van der Waals surface area (Å²) in [7, 11) is 0. The molecule has 2 aromatic rings. The summed E-state index contributed by atoms with van der Waals surface area (Å²) < 4.78 is 2.27. The highest BCUT2D eigenvalue weighted by molar-refractivity contribution is 9.10. The Morgan fingerprint density at radius 2 is 1.00 bits per heavy atom. The number of benzene rings is 2. The van der Waals surface area contributed by atoms with Crippen LogP contribution in [0.15, 0.2) is 57.5 Å². The molecule has 0 saturated carbocycles. The van der Waals surface area contributed by atoms with Gasteiger partial charge in [0.05, 0.1) is 0 Å². The van der Waals surface area contributed by atoms with Crippen LogP contribution in [0.25, 0.3) is 0 Å². The normalized spacial score (nSPS) is 11.6. The Balaban J connectivity index is 2.53. The standard InChI is InChI=1S/C17H18Br2/c1-3-17(4-2,13-5-9-15(18)10-6-13)14-7-11-16(19)12-8-14/h5-12H,3-4H2,1-2H3. The number of rotatable bonds is 4. The summed E-state index contributed by atoms with van der Waals surface area (Å²) in [6.45, 7) is 4.54. The molecule has 0 aliphatic heterocycles. The Labute approximate surface area is 132 Å². The van der Waals surface area contributed by atoms with Crippen LogP contribution in [-0.4, -0.2) is 0 Å². The van der Waals surface area contributed by atoms with Crippen molar-refractivity contribution in [3.05, 3.63) is 68.6 Å². The molecule has 0 saturated heterocycles. The zero-order chi connectivity index (χ0) is 13.9. The zero-order valence-electron chi connectivity index (χ0n) is 11.3. The van der Waals surface area contributed by atoms with Gasteiger partial charge in [-0.3, -0.25) is 0 Å². The Morgan fingerprint density at radius 1 is 0.684 bits per heavy atom. The Bertz CT molecular complexity index is 475. The molecule has 0 amide bonds. The summed E-state index contributed by atoms with van der Waals surface area (Å²) in [4.78, 5) is 0. The lowest BCUT2D eigenvalue weighted by molar-refractivity contribution is 0.478. The van der Waals surface area contributed by atoms with Crippen molar-refractivity contribution in [1.82, 2.24) is 0 Å². The van der Waals surface area contributed by atoms with Crippen molar-refractivity contribution in [2.24, 2.45) is 0 Å². The average Bonchev–Trinajstić information content (AvgIpc) is 2.44. The van der Waals surface area contributed by atoms with Crippen LogP contribution in [0.1, 0.15) is 37.8 Å². The summed E-state index contributed by atoms with van der Waals surface area (Å²) in [5, 5.41) is 0. The molecule has 0 aliphatic carbocycles. The van der Waals surface area contributed by atoms with Gasteiger partial charge >= 0.3 is 0 Å². The predicted octanol–water partition coefficient (Wildman–Crippen LogP) is 6.32. The van der Waals surface area contributed by atoms with Gasteiger partial charge in [0, 0.05) is 14.4 Å². The highest BCUT2D eigenvalue weighted by Crippen LogP contribution is 2.39. The fourth-order valence-electron chi connectivity index (χ4n) is 2.77. The van der Waals surface area contributed by atoms with E-state index in [1.165, 1.54) is 11.1 Å². The van der Waals surface area contributed by atoms with E-state index in [1.54, 1.807) is 0 Å². The minimum Gasteiger partial charge on any atom is -0.0642 e. The van der Waals surface area contributed by atoms with Gasteiger partial charge < -0.3 is 0 Å². The van der Waals surface area contributed by atoms with Gasteiger partial charge in [-0.2, -0.15) is 0 Å². The van der Waals surface area contributed by atoms with Crippen LogP contribution in [-0.2, 0) is 5.41 Å². The molecule has 0 heterocycles. The largest absolute Gasteiger partial charge is 0.0642 e. The number of hydrogen-bond acceptors (Lipinski definition) is 0. The summed E-state index contributed by atoms with van der Waals surface area (Å²) in [5.41, 5.74) is 2.90. The van der Waals surface area contributed by atoms with E-state index in [0.29, 0.717) is 0 Å². The SMILES string of the molecule is CCC(CC)(c1ccc(Br)cc1)c1ccc(Br)cc1. The first-order valence-electron chi connectivity index (χ1n) is 6.64. The van der Waals surface area contributed by atoms with Gasteiger partial charge in [0.1, 0.15) is 0 Å². The lowest BCUT2D eigenvalue weighted by atomic mass is 9.71. The summed E-state index contributed by atoms with van der Waals surface area (Å²) in [6.07, 6.45) is 2.21. The highest BCUT2D eigenvalue weighted by atomic mass is 79.9. The third-order valence-electron chi connectivity index (χ3n) is 4.00. The van der Waals surface area contributed by atoms with E-state index < -0.39 is 0 Å². The third-order valence-corrected chi connectivity index (χ3v) is 5.06. The van der Waals surface area contributed by atoms with Crippen LogP contribution < -0.4 is 0 Å². The van der Waals surface area contributed by atoms with Crippen molar-refractivity contribution in [3.63, 3.8) is 0 Å². The van der Waals surface area contributed by atoms with Crippen molar-refractivity contribution >= 4 is 31.9 Å². The quantitative estimate of drug-likeness (QED) is 0.581. The molecule has 0 unspecified atom stereocenters. The summed E-state index contributed by atoms with van der Waals surface area (Å²) >= 11 is 7.03. The maximum absolute atomic E-state index is 3.52. The van der Waals surface area contributed by atoms with Crippen LogP contribution in [0, 0.1) is 0 Å². The maximum Gasteiger partial charge on any atom is 0.0197 e. The van der Waals surface area contributed by atoms with Gasteiger partial charge in [-0.1, -0.05) is 70.0 Å². The van der Waals surface area contributed by atoms with Crippen molar-refractivity contribution in [2.45, 2.75) is 32.1 Å². The second-order valence-corrected chi connectivity index (χ2v) is 6.63. The minimum atomic E-state index is 0.112. The summed E-state index contributed by atoms with van der Waals surface area (Å²) in [5.74, 6) is 0. The van der Waals surface area contributed by atoms with E-state index in [9.17, 15) is 0 Å². The fraction of sp³-hybridized carbons (Fsp3) is 0.294. The van der Waals surface area contributed by atoms with Gasteiger partial charge in [0.2, 0.25) is 0 Å². The summed E-state index contributed by atoms with van der Waals surface area (Å²) in [6, 6.07) is 17.5. The van der Waals surface area contributed by atoms with Gasteiger partial charge in [-0.15, -0.1) is 0 Å². The molecule has 0 atom stereocenters. The molecular weight excluding hydrogens is 364 g/mol. The molecule has 0 fully saturated rings. The second kappa shape index (κ2) is 6.23. The van der Waals surface area contributed by atoms with Crippen LogP contribution in [0.4, 0.5) is 0 Å². The molecule has 19 heavy (non-hydrogen) atoms. The second-order valence-electron chi connectivity index (χ2n) is 4.80. The predicted molar refractivity (Wildman–Crippen MR) is 89.6 cm³/mol. The maximum atomic E-state index is 3.52. The van der Waals surface area contributed by atoms with Gasteiger partial charge in [-0.25, -0.2) is 0 Å². The smallest absolute Gasteiger partial charge is 0.0197 e. The fourth-order valence-corrected chi connectivity index (χ4v) is 3.30. The highest BCUT2D eigenvalue weighted by Gasteiger charge is 2.30. The van der Waals surface area contributed by atoms with Crippen LogP contribution >= 0.6 is 31.9 Å². The zero-order valence-corrected chi connectivity index (χ0v) is 14.5. The van der Waals surface area contributed by atoms with E-state index in [-0.39, 0.29) is 5.41 Å². The van der Waals surface area contributed by atoms with Crippen molar-refractivity contribution in [3.8, 4) is 0 Å². The van der Waals surface area contributed by atoms with E-state index >= 15 is 0 Å². The molecule has 100 valence electrons. The lowest BCUT2D eigenvalue weighted by Gasteiger charge is -2.33. The Kier molecular flexibility index (Phi) is 4.86. The molecule has 0 aliphatic rings. The van der Waals surface area contributed by atoms with E-state index in [2.05, 4.69) is 94.2 Å². The molecule has 0 spiro atoms. The molecule has 2 rings (SSSR count). The first-order chi connectivity index (χ1) is 9.12. The molecule has 0 bridgehead atoms. The monoisotopic (exact) mass is 380 g/mol. The molecule has 0 nitrogen and oxygen atoms in total. The molecule has 0 N–H and O–H groups in total. The first-order valence-corrected chi connectivity index (χ1v) is 8.23. The molecule has 0 aromatic heterocycles. The number of halogens is 2. The Morgan fingerprint density at radius 3 is 1.26 bits per heavy atom. The topological polar surface area (TPSA) is 0 Å².